The lowest BCUT2D eigenvalue weighted by Gasteiger charge is -2.35. The van der Waals surface area contributed by atoms with Crippen LogP contribution in [0.3, 0.4) is 0 Å². The summed E-state index contributed by atoms with van der Waals surface area (Å²) < 4.78 is 5.94. The number of carboxylic acids is 1. The highest BCUT2D eigenvalue weighted by molar-refractivity contribution is 6.74. The molecule has 0 amide bonds. The molecule has 0 unspecified atom stereocenters. The first-order chi connectivity index (χ1) is 7.63. The molecule has 4 nitrogen and oxygen atoms in total. The Morgan fingerprint density at radius 2 is 1.94 bits per heavy atom. The zero-order valence-corrected chi connectivity index (χ0v) is 11.9. The maximum Gasteiger partial charge on any atom is 0.337 e. The lowest BCUT2D eigenvalue weighted by Crippen LogP contribution is -2.44. The quantitative estimate of drug-likeness (QED) is 0.841. The number of aromatic carboxylic acids is 1. The predicted molar refractivity (Wildman–Crippen MR) is 69.0 cm³/mol. The summed E-state index contributed by atoms with van der Waals surface area (Å²) >= 11 is 0. The molecule has 0 atom stereocenters. The number of nitrogens with zero attached hydrogens (tertiary/aromatic N) is 1. The van der Waals surface area contributed by atoms with Gasteiger partial charge in [-0.05, 0) is 30.3 Å². The van der Waals surface area contributed by atoms with E-state index in [0.29, 0.717) is 5.88 Å². The first kappa shape index (κ1) is 13.7. The van der Waals surface area contributed by atoms with Gasteiger partial charge in [-0.1, -0.05) is 20.8 Å². The van der Waals surface area contributed by atoms with Gasteiger partial charge in [-0.2, -0.15) is 0 Å². The van der Waals surface area contributed by atoms with Gasteiger partial charge in [0, 0.05) is 6.20 Å². The van der Waals surface area contributed by atoms with Crippen molar-refractivity contribution in [1.82, 2.24) is 4.98 Å². The third kappa shape index (κ3) is 3.29. The molecule has 0 aromatic carbocycles. The molecule has 0 bridgehead atoms. The number of hydrogen-bond acceptors (Lipinski definition) is 3. The molecular weight excluding hydrogens is 234 g/mol. The molecule has 5 heteroatoms. The largest absolute Gasteiger partial charge is 0.531 e. The molecule has 1 rings (SSSR count). The van der Waals surface area contributed by atoms with Crippen LogP contribution in [-0.2, 0) is 0 Å². The fraction of sp³-hybridized carbons (Fsp3) is 0.500. The molecule has 0 aliphatic rings. The van der Waals surface area contributed by atoms with E-state index in [2.05, 4.69) is 38.8 Å². The molecule has 1 N–H and O–H groups in total. The molecular formula is C12H19NO3Si. The van der Waals surface area contributed by atoms with Gasteiger partial charge in [-0.25, -0.2) is 9.78 Å². The van der Waals surface area contributed by atoms with Gasteiger partial charge in [0.15, 0.2) is 5.88 Å². The van der Waals surface area contributed by atoms with Crippen molar-refractivity contribution < 1.29 is 14.3 Å². The van der Waals surface area contributed by atoms with Crippen LogP contribution in [-0.4, -0.2) is 24.4 Å². The molecule has 0 radical (unpaired) electrons. The van der Waals surface area contributed by atoms with Gasteiger partial charge in [-0.3, -0.25) is 0 Å². The molecule has 94 valence electrons. The summed E-state index contributed by atoms with van der Waals surface area (Å²) in [5, 5.41) is 8.86. The Morgan fingerprint density at radius 3 is 2.29 bits per heavy atom. The molecule has 0 spiro atoms. The van der Waals surface area contributed by atoms with Crippen molar-refractivity contribution >= 4 is 14.3 Å². The van der Waals surface area contributed by atoms with Crippen molar-refractivity contribution in [2.45, 2.75) is 38.9 Å². The first-order valence-corrected chi connectivity index (χ1v) is 8.43. The standard InChI is InChI=1S/C12H19NO3Si/c1-12(2,3)17(4,5)16-10-7-6-9(8-13-10)11(14)15/h6-8H,1-5H3,(H,14,15). The van der Waals surface area contributed by atoms with Crippen LogP contribution in [0.15, 0.2) is 18.3 Å². The van der Waals surface area contributed by atoms with Crippen LogP contribution in [0, 0.1) is 0 Å². The number of carbonyl (C=O) groups is 1. The van der Waals surface area contributed by atoms with Crippen molar-refractivity contribution in [1.29, 1.82) is 0 Å². The maximum absolute atomic E-state index is 10.7. The average molecular weight is 253 g/mol. The number of rotatable bonds is 3. The van der Waals surface area contributed by atoms with Crippen LogP contribution in [0.2, 0.25) is 18.1 Å². The van der Waals surface area contributed by atoms with Gasteiger partial charge >= 0.3 is 5.97 Å². The van der Waals surface area contributed by atoms with Crippen molar-refractivity contribution in [2.24, 2.45) is 0 Å². The molecule has 1 aromatic rings. The zero-order chi connectivity index (χ0) is 13.3. The molecule has 17 heavy (non-hydrogen) atoms. The van der Waals surface area contributed by atoms with Crippen LogP contribution in [0.4, 0.5) is 0 Å². The minimum absolute atomic E-state index is 0.0974. The Hall–Kier alpha value is -1.36. The summed E-state index contributed by atoms with van der Waals surface area (Å²) in [4.78, 5) is 14.7. The van der Waals surface area contributed by atoms with Gasteiger partial charge in [0.25, 0.3) is 8.32 Å². The number of carboxylic acid groups (broad SMARTS) is 1. The highest BCUT2D eigenvalue weighted by Crippen LogP contribution is 2.36. The number of aromatic nitrogens is 1. The molecule has 0 aliphatic heterocycles. The van der Waals surface area contributed by atoms with Crippen LogP contribution < -0.4 is 4.43 Å². The first-order valence-electron chi connectivity index (χ1n) is 5.52. The lowest BCUT2D eigenvalue weighted by atomic mass is 10.2. The predicted octanol–water partition coefficient (Wildman–Crippen LogP) is 3.16. The van der Waals surface area contributed by atoms with Gasteiger partial charge in [0.1, 0.15) is 0 Å². The Balaban J connectivity index is 2.86. The average Bonchev–Trinajstić information content (AvgIpc) is 2.16. The minimum atomic E-state index is -1.90. The summed E-state index contributed by atoms with van der Waals surface area (Å²) in [6.07, 6.45) is 1.32. The molecule has 0 saturated heterocycles. The molecule has 0 saturated carbocycles. The Morgan fingerprint density at radius 1 is 1.35 bits per heavy atom. The number of pyridine rings is 1. The Bertz CT molecular complexity index is 407. The molecule has 1 heterocycles. The van der Waals surface area contributed by atoms with E-state index in [1.165, 1.54) is 12.3 Å². The van der Waals surface area contributed by atoms with E-state index in [4.69, 9.17) is 9.53 Å². The van der Waals surface area contributed by atoms with E-state index in [9.17, 15) is 4.79 Å². The highest BCUT2D eigenvalue weighted by atomic mass is 28.4. The van der Waals surface area contributed by atoms with Crippen molar-refractivity contribution in [3.05, 3.63) is 23.9 Å². The van der Waals surface area contributed by atoms with E-state index >= 15 is 0 Å². The fourth-order valence-electron chi connectivity index (χ4n) is 0.982. The smallest absolute Gasteiger partial charge is 0.337 e. The molecule has 1 aromatic heterocycles. The SMILES string of the molecule is CC(C)(C)[Si](C)(C)Oc1ccc(C(=O)O)cn1. The van der Waals surface area contributed by atoms with E-state index in [1.807, 2.05) is 0 Å². The van der Waals surface area contributed by atoms with Crippen LogP contribution in [0.1, 0.15) is 31.1 Å². The second-order valence-corrected chi connectivity index (χ2v) is 10.3. The lowest BCUT2D eigenvalue weighted by molar-refractivity contribution is 0.0696. The monoisotopic (exact) mass is 253 g/mol. The van der Waals surface area contributed by atoms with E-state index in [-0.39, 0.29) is 10.6 Å². The van der Waals surface area contributed by atoms with Crippen LogP contribution in [0.5, 0.6) is 5.88 Å². The third-order valence-electron chi connectivity index (χ3n) is 3.15. The molecule has 0 fully saturated rings. The Kier molecular flexibility index (Phi) is 3.61. The van der Waals surface area contributed by atoms with E-state index < -0.39 is 14.3 Å². The zero-order valence-electron chi connectivity index (χ0n) is 10.9. The van der Waals surface area contributed by atoms with Crippen molar-refractivity contribution in [3.8, 4) is 5.88 Å². The second kappa shape index (κ2) is 4.48. The number of hydrogen-bond donors (Lipinski definition) is 1. The van der Waals surface area contributed by atoms with Gasteiger partial charge in [0.05, 0.1) is 5.56 Å². The third-order valence-corrected chi connectivity index (χ3v) is 7.48. The normalized spacial score (nSPS) is 12.3. The van der Waals surface area contributed by atoms with Crippen LogP contribution >= 0.6 is 0 Å². The topological polar surface area (TPSA) is 59.4 Å². The molecule has 0 aliphatic carbocycles. The Labute approximate surface area is 103 Å². The van der Waals surface area contributed by atoms with Gasteiger partial charge < -0.3 is 9.53 Å². The summed E-state index contributed by atoms with van der Waals surface area (Å²) in [6.45, 7) is 10.7. The summed E-state index contributed by atoms with van der Waals surface area (Å²) in [6, 6.07) is 3.13. The van der Waals surface area contributed by atoms with Crippen molar-refractivity contribution in [3.63, 3.8) is 0 Å². The van der Waals surface area contributed by atoms with E-state index in [1.54, 1.807) is 6.07 Å². The second-order valence-electron chi connectivity index (χ2n) is 5.55. The van der Waals surface area contributed by atoms with Crippen LogP contribution in [0.25, 0.3) is 0 Å². The minimum Gasteiger partial charge on any atom is -0.531 e. The summed E-state index contributed by atoms with van der Waals surface area (Å²) in [5.74, 6) is -0.474. The van der Waals surface area contributed by atoms with Gasteiger partial charge in [0.2, 0.25) is 0 Å². The summed E-state index contributed by atoms with van der Waals surface area (Å²) in [5.41, 5.74) is 0.174. The fourth-order valence-corrected chi connectivity index (χ4v) is 1.93. The highest BCUT2D eigenvalue weighted by Gasteiger charge is 2.39. The van der Waals surface area contributed by atoms with Gasteiger partial charge in [-0.15, -0.1) is 0 Å². The van der Waals surface area contributed by atoms with Crippen molar-refractivity contribution in [2.75, 3.05) is 0 Å². The van der Waals surface area contributed by atoms with E-state index in [0.717, 1.165) is 0 Å². The maximum atomic E-state index is 10.7. The summed E-state index contributed by atoms with van der Waals surface area (Å²) in [7, 11) is -1.90.